The molecule has 1 atom stereocenters. The second-order valence-electron chi connectivity index (χ2n) is 5.25. The highest BCUT2D eigenvalue weighted by Crippen LogP contribution is 2.35. The second kappa shape index (κ2) is 6.66. The molecule has 1 aliphatic rings. The maximum Gasteiger partial charge on any atom is 0.416 e. The van der Waals surface area contributed by atoms with Crippen LogP contribution in [0.5, 0.6) is 0 Å². The third kappa shape index (κ3) is 4.11. The average Bonchev–Trinajstić information content (AvgIpc) is 2.44. The number of ether oxygens (including phenoxy) is 1. The maximum atomic E-state index is 13.2. The summed E-state index contributed by atoms with van der Waals surface area (Å²) in [5.41, 5.74) is 0.340. The Morgan fingerprint density at radius 1 is 1.38 bits per heavy atom. The summed E-state index contributed by atoms with van der Waals surface area (Å²) in [5, 5.41) is 2.95. The van der Waals surface area contributed by atoms with Crippen molar-refractivity contribution in [2.75, 3.05) is 31.1 Å². The Morgan fingerprint density at radius 3 is 2.76 bits per heavy atom. The minimum Gasteiger partial charge on any atom is -0.375 e. The normalized spacial score (nSPS) is 19.9. The van der Waals surface area contributed by atoms with Gasteiger partial charge in [0.05, 0.1) is 18.3 Å². The molecule has 0 amide bonds. The van der Waals surface area contributed by atoms with Gasteiger partial charge in [0.2, 0.25) is 0 Å². The predicted molar refractivity (Wildman–Crippen MR) is 76.5 cm³/mol. The molecular weight excluding hydrogens is 281 g/mol. The fraction of sp³-hybridized carbons (Fsp3) is 0.600. The lowest BCUT2D eigenvalue weighted by atomic mass is 10.0. The SMILES string of the molecule is CCNCc1ccc(N2CCOC(C)C2)cc1C(F)(F)F. The number of alkyl halides is 3. The molecule has 1 fully saturated rings. The van der Waals surface area contributed by atoms with Gasteiger partial charge in [0, 0.05) is 25.3 Å². The summed E-state index contributed by atoms with van der Waals surface area (Å²) in [5.74, 6) is 0. The summed E-state index contributed by atoms with van der Waals surface area (Å²) in [6, 6.07) is 4.59. The molecule has 1 aromatic rings. The highest BCUT2D eigenvalue weighted by atomic mass is 19.4. The zero-order chi connectivity index (χ0) is 15.5. The van der Waals surface area contributed by atoms with Crippen LogP contribution in [0, 0.1) is 0 Å². The first-order chi connectivity index (χ1) is 9.91. The van der Waals surface area contributed by atoms with Crippen LogP contribution in [0.3, 0.4) is 0 Å². The number of nitrogens with one attached hydrogen (secondary N) is 1. The van der Waals surface area contributed by atoms with Gasteiger partial charge in [-0.3, -0.25) is 0 Å². The van der Waals surface area contributed by atoms with E-state index in [1.807, 2.05) is 18.7 Å². The van der Waals surface area contributed by atoms with Crippen molar-refractivity contribution in [1.82, 2.24) is 5.32 Å². The van der Waals surface area contributed by atoms with Crippen LogP contribution in [0.4, 0.5) is 18.9 Å². The highest BCUT2D eigenvalue weighted by Gasteiger charge is 2.34. The van der Waals surface area contributed by atoms with Crippen LogP contribution < -0.4 is 10.2 Å². The molecule has 0 spiro atoms. The van der Waals surface area contributed by atoms with Gasteiger partial charge < -0.3 is 15.0 Å². The highest BCUT2D eigenvalue weighted by molar-refractivity contribution is 5.52. The fourth-order valence-corrected chi connectivity index (χ4v) is 2.49. The largest absolute Gasteiger partial charge is 0.416 e. The zero-order valence-corrected chi connectivity index (χ0v) is 12.3. The Hall–Kier alpha value is -1.27. The summed E-state index contributed by atoms with van der Waals surface area (Å²) in [6.07, 6.45) is -4.30. The molecule has 0 saturated carbocycles. The molecule has 118 valence electrons. The Labute approximate surface area is 123 Å². The van der Waals surface area contributed by atoms with Crippen molar-refractivity contribution in [2.24, 2.45) is 0 Å². The minimum absolute atomic E-state index is 0.0366. The van der Waals surface area contributed by atoms with Crippen LogP contribution in [0.1, 0.15) is 25.0 Å². The monoisotopic (exact) mass is 302 g/mol. The summed E-state index contributed by atoms with van der Waals surface area (Å²) >= 11 is 0. The van der Waals surface area contributed by atoms with E-state index >= 15 is 0 Å². The summed E-state index contributed by atoms with van der Waals surface area (Å²) in [7, 11) is 0. The molecule has 0 aliphatic carbocycles. The van der Waals surface area contributed by atoms with Crippen molar-refractivity contribution < 1.29 is 17.9 Å². The smallest absolute Gasteiger partial charge is 0.375 e. The van der Waals surface area contributed by atoms with E-state index in [0.717, 1.165) is 0 Å². The number of benzene rings is 1. The summed E-state index contributed by atoms with van der Waals surface area (Å²) in [4.78, 5) is 1.94. The number of hydrogen-bond donors (Lipinski definition) is 1. The molecule has 1 aromatic carbocycles. The Bertz CT molecular complexity index is 476. The number of nitrogens with zero attached hydrogens (tertiary/aromatic N) is 1. The van der Waals surface area contributed by atoms with E-state index in [1.165, 1.54) is 6.07 Å². The number of morpholine rings is 1. The molecule has 1 saturated heterocycles. The quantitative estimate of drug-likeness (QED) is 0.925. The van der Waals surface area contributed by atoms with E-state index in [4.69, 9.17) is 4.74 Å². The van der Waals surface area contributed by atoms with Crippen molar-refractivity contribution in [3.8, 4) is 0 Å². The lowest BCUT2D eigenvalue weighted by molar-refractivity contribution is -0.138. The summed E-state index contributed by atoms with van der Waals surface area (Å²) < 4.78 is 45.1. The minimum atomic E-state index is -4.33. The maximum absolute atomic E-state index is 13.2. The van der Waals surface area contributed by atoms with Crippen LogP contribution >= 0.6 is 0 Å². The summed E-state index contributed by atoms with van der Waals surface area (Å²) in [6.45, 7) is 6.44. The average molecular weight is 302 g/mol. The second-order valence-corrected chi connectivity index (χ2v) is 5.25. The van der Waals surface area contributed by atoms with Crippen LogP contribution in [0.25, 0.3) is 0 Å². The Balaban J connectivity index is 2.28. The van der Waals surface area contributed by atoms with Gasteiger partial charge in [0.15, 0.2) is 0 Å². The van der Waals surface area contributed by atoms with E-state index in [0.29, 0.717) is 31.9 Å². The molecule has 1 unspecified atom stereocenters. The van der Waals surface area contributed by atoms with Crippen molar-refractivity contribution in [3.05, 3.63) is 29.3 Å². The molecule has 0 aromatic heterocycles. The first kappa shape index (κ1) is 16.1. The van der Waals surface area contributed by atoms with E-state index in [-0.39, 0.29) is 18.2 Å². The standard InChI is InChI=1S/C15H21F3N2O/c1-3-19-9-12-4-5-13(8-14(12)15(16,17)18)20-6-7-21-11(2)10-20/h4-5,8,11,19H,3,6-7,9-10H2,1-2H3. The first-order valence-electron chi connectivity index (χ1n) is 7.19. The molecule has 3 nitrogen and oxygen atoms in total. The number of halogens is 3. The molecular formula is C15H21F3N2O. The molecule has 2 rings (SSSR count). The van der Waals surface area contributed by atoms with Gasteiger partial charge in [-0.25, -0.2) is 0 Å². The first-order valence-corrected chi connectivity index (χ1v) is 7.19. The molecule has 1 aliphatic heterocycles. The van der Waals surface area contributed by atoms with Gasteiger partial charge in [0.1, 0.15) is 0 Å². The van der Waals surface area contributed by atoms with E-state index in [9.17, 15) is 13.2 Å². The van der Waals surface area contributed by atoms with Crippen molar-refractivity contribution in [2.45, 2.75) is 32.7 Å². The van der Waals surface area contributed by atoms with Gasteiger partial charge in [0.25, 0.3) is 0 Å². The molecule has 6 heteroatoms. The zero-order valence-electron chi connectivity index (χ0n) is 12.3. The lowest BCUT2D eigenvalue weighted by Crippen LogP contribution is -2.41. The molecule has 0 radical (unpaired) electrons. The number of hydrogen-bond acceptors (Lipinski definition) is 3. The van der Waals surface area contributed by atoms with E-state index < -0.39 is 11.7 Å². The van der Waals surface area contributed by atoms with E-state index in [1.54, 1.807) is 12.1 Å². The van der Waals surface area contributed by atoms with Crippen LogP contribution in [0.15, 0.2) is 18.2 Å². The predicted octanol–water partition coefficient (Wildman–Crippen LogP) is 3.04. The number of rotatable bonds is 4. The van der Waals surface area contributed by atoms with Gasteiger partial charge >= 0.3 is 6.18 Å². The fourth-order valence-electron chi connectivity index (χ4n) is 2.49. The third-order valence-corrected chi connectivity index (χ3v) is 3.57. The third-order valence-electron chi connectivity index (χ3n) is 3.57. The molecule has 1 N–H and O–H groups in total. The van der Waals surface area contributed by atoms with Crippen molar-refractivity contribution in [3.63, 3.8) is 0 Å². The molecule has 21 heavy (non-hydrogen) atoms. The van der Waals surface area contributed by atoms with Crippen LogP contribution in [-0.4, -0.2) is 32.3 Å². The number of anilines is 1. The van der Waals surface area contributed by atoms with Gasteiger partial charge in [-0.1, -0.05) is 13.0 Å². The van der Waals surface area contributed by atoms with Crippen molar-refractivity contribution >= 4 is 5.69 Å². The molecule has 0 bridgehead atoms. The van der Waals surface area contributed by atoms with E-state index in [2.05, 4.69) is 5.32 Å². The van der Waals surface area contributed by atoms with Gasteiger partial charge in [-0.15, -0.1) is 0 Å². The van der Waals surface area contributed by atoms with Gasteiger partial charge in [-0.05, 0) is 31.2 Å². The molecule has 1 heterocycles. The topological polar surface area (TPSA) is 24.5 Å². The van der Waals surface area contributed by atoms with Gasteiger partial charge in [-0.2, -0.15) is 13.2 Å². The Morgan fingerprint density at radius 2 is 2.14 bits per heavy atom. The van der Waals surface area contributed by atoms with Crippen LogP contribution in [-0.2, 0) is 17.5 Å². The van der Waals surface area contributed by atoms with Crippen LogP contribution in [0.2, 0.25) is 0 Å². The lowest BCUT2D eigenvalue weighted by Gasteiger charge is -2.33. The Kier molecular flexibility index (Phi) is 5.11. The van der Waals surface area contributed by atoms with Crippen molar-refractivity contribution in [1.29, 1.82) is 0 Å².